The molecule has 0 aliphatic rings. The third-order valence-corrected chi connectivity index (χ3v) is 4.66. The van der Waals surface area contributed by atoms with Crippen molar-refractivity contribution in [3.63, 3.8) is 0 Å². The molecule has 0 heterocycles. The topological polar surface area (TPSA) is 29.1 Å². The van der Waals surface area contributed by atoms with E-state index in [4.69, 9.17) is 0 Å². The van der Waals surface area contributed by atoms with E-state index in [1.165, 1.54) is 0 Å². The summed E-state index contributed by atoms with van der Waals surface area (Å²) in [6.07, 6.45) is 1.96. The Kier molecular flexibility index (Phi) is 8.02. The molecular weight excluding hydrogens is 326 g/mol. The van der Waals surface area contributed by atoms with E-state index < -0.39 is 0 Å². The highest BCUT2D eigenvalue weighted by molar-refractivity contribution is 9.09. The lowest BCUT2D eigenvalue weighted by Crippen LogP contribution is -2.42. The van der Waals surface area contributed by atoms with Crippen molar-refractivity contribution in [3.8, 4) is 0 Å². The smallest absolute Gasteiger partial charge is 0.228 e. The van der Waals surface area contributed by atoms with Gasteiger partial charge in [-0.2, -0.15) is 0 Å². The summed E-state index contributed by atoms with van der Waals surface area (Å²) in [5.41, 5.74) is 1.12. The lowest BCUT2D eigenvalue weighted by molar-refractivity contribution is -0.124. The fourth-order valence-electron chi connectivity index (χ4n) is 2.60. The summed E-state index contributed by atoms with van der Waals surface area (Å²) in [7, 11) is 0. The van der Waals surface area contributed by atoms with Gasteiger partial charge >= 0.3 is 0 Å². The van der Waals surface area contributed by atoms with Crippen molar-refractivity contribution in [3.05, 3.63) is 35.9 Å². The van der Waals surface area contributed by atoms with E-state index in [9.17, 15) is 4.79 Å². The molecular formula is C18H28BrNO. The van der Waals surface area contributed by atoms with Crippen LogP contribution in [0.5, 0.6) is 0 Å². The highest BCUT2D eigenvalue weighted by Crippen LogP contribution is 2.27. The van der Waals surface area contributed by atoms with Crippen LogP contribution in [0.3, 0.4) is 0 Å². The van der Waals surface area contributed by atoms with Gasteiger partial charge in [-0.25, -0.2) is 0 Å². The average Bonchev–Trinajstić information content (AvgIpc) is 2.47. The molecule has 0 aliphatic heterocycles. The second-order valence-corrected chi connectivity index (χ2v) is 6.90. The normalized spacial score (nSPS) is 15.5. The van der Waals surface area contributed by atoms with Crippen molar-refractivity contribution >= 4 is 21.8 Å². The summed E-state index contributed by atoms with van der Waals surface area (Å²) in [5.74, 6) is 0.881. The predicted octanol–water partition coefficient (Wildman–Crippen LogP) is 4.74. The molecule has 0 bridgehead atoms. The van der Waals surface area contributed by atoms with Crippen LogP contribution in [0, 0.1) is 11.8 Å². The van der Waals surface area contributed by atoms with Crippen LogP contribution in [0.1, 0.15) is 52.0 Å². The number of rotatable bonds is 8. The van der Waals surface area contributed by atoms with Crippen LogP contribution in [0.25, 0.3) is 0 Å². The van der Waals surface area contributed by atoms with Crippen LogP contribution in [0.15, 0.2) is 30.3 Å². The number of carbonyl (C=O) groups excluding carboxylic acids is 1. The summed E-state index contributed by atoms with van der Waals surface area (Å²) in [6.45, 7) is 8.63. The first kappa shape index (κ1) is 18.2. The minimum absolute atomic E-state index is 0.0622. The molecule has 3 heteroatoms. The number of benzene rings is 1. The van der Waals surface area contributed by atoms with Gasteiger partial charge in [0.15, 0.2) is 0 Å². The Balaban J connectivity index is 2.91. The number of amides is 1. The van der Waals surface area contributed by atoms with Crippen molar-refractivity contribution in [1.82, 2.24) is 5.32 Å². The quantitative estimate of drug-likeness (QED) is 0.671. The number of alkyl halides is 1. The van der Waals surface area contributed by atoms with Gasteiger partial charge in [0, 0.05) is 11.4 Å². The lowest BCUT2D eigenvalue weighted by atomic mass is 9.84. The summed E-state index contributed by atoms with van der Waals surface area (Å²) < 4.78 is 0. The summed E-state index contributed by atoms with van der Waals surface area (Å²) in [4.78, 5) is 12.8. The maximum atomic E-state index is 12.8. The molecule has 1 N–H and O–H groups in total. The molecule has 1 aromatic carbocycles. The fraction of sp³-hybridized carbons (Fsp3) is 0.611. The Morgan fingerprint density at radius 1 is 1.19 bits per heavy atom. The van der Waals surface area contributed by atoms with Crippen molar-refractivity contribution in [2.24, 2.45) is 11.8 Å². The van der Waals surface area contributed by atoms with Crippen LogP contribution in [0.2, 0.25) is 0 Å². The van der Waals surface area contributed by atoms with Crippen molar-refractivity contribution < 1.29 is 4.79 Å². The van der Waals surface area contributed by atoms with Gasteiger partial charge in [0.25, 0.3) is 0 Å². The summed E-state index contributed by atoms with van der Waals surface area (Å²) in [5, 5.41) is 4.17. The van der Waals surface area contributed by atoms with Crippen LogP contribution in [-0.2, 0) is 4.79 Å². The summed E-state index contributed by atoms with van der Waals surface area (Å²) >= 11 is 3.48. The van der Waals surface area contributed by atoms with Crippen molar-refractivity contribution in [2.75, 3.05) is 5.33 Å². The van der Waals surface area contributed by atoms with Gasteiger partial charge in [0.05, 0.1) is 5.92 Å². The Hall–Kier alpha value is -0.830. The van der Waals surface area contributed by atoms with E-state index in [0.29, 0.717) is 11.8 Å². The van der Waals surface area contributed by atoms with Gasteiger partial charge in [-0.1, -0.05) is 80.4 Å². The third-order valence-electron chi connectivity index (χ3n) is 4.21. The van der Waals surface area contributed by atoms with E-state index in [2.05, 4.69) is 61.1 Å². The van der Waals surface area contributed by atoms with Crippen LogP contribution >= 0.6 is 15.9 Å². The van der Waals surface area contributed by atoms with Crippen LogP contribution < -0.4 is 5.32 Å². The standard InChI is InChI=1S/C18H28BrNO/c1-5-14(4)17(15-9-7-6-8-10-15)18(21)20-16(11-12-19)13(2)3/h6-10,13-14,16-17H,5,11-12H2,1-4H3,(H,20,21). The van der Waals surface area contributed by atoms with Gasteiger partial charge in [-0.15, -0.1) is 0 Å². The summed E-state index contributed by atoms with van der Waals surface area (Å²) in [6, 6.07) is 10.4. The molecule has 0 aliphatic carbocycles. The van der Waals surface area contributed by atoms with Gasteiger partial charge < -0.3 is 5.32 Å². The maximum absolute atomic E-state index is 12.8. The van der Waals surface area contributed by atoms with Crippen molar-refractivity contribution in [2.45, 2.75) is 52.5 Å². The number of nitrogens with one attached hydrogen (secondary N) is 1. The minimum Gasteiger partial charge on any atom is -0.353 e. The molecule has 3 atom stereocenters. The zero-order valence-corrected chi connectivity index (χ0v) is 15.2. The molecule has 3 unspecified atom stereocenters. The number of hydrogen-bond acceptors (Lipinski definition) is 1. The number of hydrogen-bond donors (Lipinski definition) is 1. The van der Waals surface area contributed by atoms with Gasteiger partial charge in [0.1, 0.15) is 0 Å². The lowest BCUT2D eigenvalue weighted by Gasteiger charge is -2.28. The fourth-order valence-corrected chi connectivity index (χ4v) is 3.09. The highest BCUT2D eigenvalue weighted by Gasteiger charge is 2.28. The molecule has 1 aromatic rings. The van der Waals surface area contributed by atoms with Crippen molar-refractivity contribution in [1.29, 1.82) is 0 Å². The molecule has 0 saturated heterocycles. The predicted molar refractivity (Wildman–Crippen MR) is 93.8 cm³/mol. The SMILES string of the molecule is CCC(C)C(C(=O)NC(CCBr)C(C)C)c1ccccc1. The molecule has 0 spiro atoms. The van der Waals surface area contributed by atoms with E-state index >= 15 is 0 Å². The maximum Gasteiger partial charge on any atom is 0.228 e. The average molecular weight is 354 g/mol. The number of carbonyl (C=O) groups is 1. The first-order valence-electron chi connectivity index (χ1n) is 7.92. The van der Waals surface area contributed by atoms with E-state index in [0.717, 1.165) is 23.7 Å². The first-order chi connectivity index (χ1) is 10.0. The first-order valence-corrected chi connectivity index (χ1v) is 9.04. The van der Waals surface area contributed by atoms with Gasteiger partial charge in [-0.05, 0) is 23.8 Å². The van der Waals surface area contributed by atoms with Gasteiger partial charge in [-0.3, -0.25) is 4.79 Å². The molecule has 0 aromatic heterocycles. The Morgan fingerprint density at radius 2 is 1.81 bits per heavy atom. The zero-order chi connectivity index (χ0) is 15.8. The molecule has 0 fully saturated rings. The Morgan fingerprint density at radius 3 is 2.29 bits per heavy atom. The monoisotopic (exact) mass is 353 g/mol. The molecule has 2 nitrogen and oxygen atoms in total. The molecule has 1 rings (SSSR count). The second-order valence-electron chi connectivity index (χ2n) is 6.11. The largest absolute Gasteiger partial charge is 0.353 e. The minimum atomic E-state index is -0.0622. The molecule has 0 radical (unpaired) electrons. The second kappa shape index (κ2) is 9.24. The number of halogens is 1. The molecule has 0 saturated carbocycles. The van der Waals surface area contributed by atoms with E-state index in [-0.39, 0.29) is 17.9 Å². The molecule has 21 heavy (non-hydrogen) atoms. The molecule has 1 amide bonds. The van der Waals surface area contributed by atoms with Crippen LogP contribution in [-0.4, -0.2) is 17.3 Å². The van der Waals surface area contributed by atoms with E-state index in [1.54, 1.807) is 0 Å². The van der Waals surface area contributed by atoms with Gasteiger partial charge in [0.2, 0.25) is 5.91 Å². The Bertz CT molecular complexity index is 418. The highest BCUT2D eigenvalue weighted by atomic mass is 79.9. The molecule has 118 valence electrons. The zero-order valence-electron chi connectivity index (χ0n) is 13.6. The van der Waals surface area contributed by atoms with Crippen LogP contribution in [0.4, 0.5) is 0 Å². The Labute approximate surface area is 137 Å². The van der Waals surface area contributed by atoms with E-state index in [1.807, 2.05) is 18.2 Å². The third kappa shape index (κ3) is 5.46.